The third kappa shape index (κ3) is 6.51. The first-order valence-electron chi connectivity index (χ1n) is 6.70. The summed E-state index contributed by atoms with van der Waals surface area (Å²) in [4.78, 5) is 38.3. The molecule has 21 heavy (non-hydrogen) atoms. The molecule has 0 unspecified atom stereocenters. The van der Waals surface area contributed by atoms with Crippen molar-refractivity contribution < 1.29 is 19.1 Å². The fourth-order valence-electron chi connectivity index (χ4n) is 1.39. The van der Waals surface area contributed by atoms with E-state index in [2.05, 4.69) is 15.6 Å². The summed E-state index contributed by atoms with van der Waals surface area (Å²) in [6, 6.07) is 2.62. The van der Waals surface area contributed by atoms with Gasteiger partial charge in [0.05, 0.1) is 5.56 Å². The molecule has 0 radical (unpaired) electrons. The zero-order valence-corrected chi connectivity index (χ0v) is 12.1. The van der Waals surface area contributed by atoms with Crippen LogP contribution in [0.25, 0.3) is 0 Å². The van der Waals surface area contributed by atoms with Crippen LogP contribution in [0.15, 0.2) is 18.3 Å². The van der Waals surface area contributed by atoms with Gasteiger partial charge in [-0.3, -0.25) is 15.1 Å². The van der Waals surface area contributed by atoms with Crippen LogP contribution in [0, 0.1) is 6.92 Å². The van der Waals surface area contributed by atoms with E-state index in [1.165, 1.54) is 6.20 Å². The van der Waals surface area contributed by atoms with Gasteiger partial charge in [-0.05, 0) is 25.5 Å². The molecule has 0 aliphatic rings. The van der Waals surface area contributed by atoms with E-state index >= 15 is 0 Å². The van der Waals surface area contributed by atoms with Crippen LogP contribution >= 0.6 is 0 Å². The minimum Gasteiger partial charge on any atom is -0.452 e. The van der Waals surface area contributed by atoms with Crippen LogP contribution in [0.3, 0.4) is 0 Å². The number of carbonyl (C=O) groups excluding carboxylic acids is 3. The van der Waals surface area contributed by atoms with E-state index in [0.717, 1.165) is 18.5 Å². The van der Waals surface area contributed by atoms with Crippen LogP contribution in [0.2, 0.25) is 0 Å². The minimum absolute atomic E-state index is 0.251. The van der Waals surface area contributed by atoms with Gasteiger partial charge in [-0.1, -0.05) is 13.3 Å². The highest BCUT2D eigenvalue weighted by Crippen LogP contribution is 2.01. The predicted octanol–water partition coefficient (Wildman–Crippen LogP) is 1.17. The predicted molar refractivity (Wildman–Crippen MR) is 75.7 cm³/mol. The number of esters is 1. The highest BCUT2D eigenvalue weighted by Gasteiger charge is 2.12. The molecule has 3 amide bonds. The molecule has 0 aromatic carbocycles. The van der Waals surface area contributed by atoms with Gasteiger partial charge in [0.2, 0.25) is 0 Å². The molecule has 1 rings (SSSR count). The second kappa shape index (κ2) is 8.68. The molecule has 0 atom stereocenters. The Morgan fingerprint density at radius 2 is 2.05 bits per heavy atom. The molecule has 0 saturated heterocycles. The first kappa shape index (κ1) is 16.6. The van der Waals surface area contributed by atoms with Crippen molar-refractivity contribution in [2.45, 2.75) is 26.7 Å². The average molecular weight is 293 g/mol. The number of aromatic nitrogens is 1. The quantitative estimate of drug-likeness (QED) is 0.606. The summed E-state index contributed by atoms with van der Waals surface area (Å²) < 4.78 is 4.79. The molecule has 2 N–H and O–H groups in total. The lowest BCUT2D eigenvalue weighted by molar-refractivity contribution is -0.123. The van der Waals surface area contributed by atoms with E-state index in [-0.39, 0.29) is 5.56 Å². The largest absolute Gasteiger partial charge is 0.452 e. The highest BCUT2D eigenvalue weighted by atomic mass is 16.5. The number of nitrogens with zero attached hydrogens (tertiary/aromatic N) is 1. The topological polar surface area (TPSA) is 97.4 Å². The van der Waals surface area contributed by atoms with E-state index in [4.69, 9.17) is 4.74 Å². The summed E-state index contributed by atoms with van der Waals surface area (Å²) in [5.41, 5.74) is 1.02. The Bertz CT molecular complexity index is 499. The van der Waals surface area contributed by atoms with Crippen LogP contribution < -0.4 is 10.6 Å². The number of nitrogens with one attached hydrogen (secondary N) is 2. The van der Waals surface area contributed by atoms with E-state index in [1.54, 1.807) is 19.1 Å². The summed E-state index contributed by atoms with van der Waals surface area (Å²) in [7, 11) is 0. The Labute approximate surface area is 123 Å². The molecule has 0 aliphatic heterocycles. The zero-order valence-electron chi connectivity index (χ0n) is 12.1. The minimum atomic E-state index is -0.683. The number of ether oxygens (including phenoxy) is 1. The first-order valence-corrected chi connectivity index (χ1v) is 6.70. The third-order valence-corrected chi connectivity index (χ3v) is 2.55. The van der Waals surface area contributed by atoms with E-state index < -0.39 is 24.5 Å². The maximum Gasteiger partial charge on any atom is 0.340 e. The number of hydrogen-bond acceptors (Lipinski definition) is 5. The molecule has 1 heterocycles. The van der Waals surface area contributed by atoms with Crippen LogP contribution in [-0.2, 0) is 9.53 Å². The molecular formula is C14H19N3O4. The lowest BCUT2D eigenvalue weighted by atomic mass is 10.2. The fourth-order valence-corrected chi connectivity index (χ4v) is 1.39. The van der Waals surface area contributed by atoms with Crippen molar-refractivity contribution in [3.63, 3.8) is 0 Å². The Balaban J connectivity index is 2.30. The van der Waals surface area contributed by atoms with Gasteiger partial charge in [-0.25, -0.2) is 9.59 Å². The molecule has 0 bridgehead atoms. The first-order chi connectivity index (χ1) is 10.0. The summed E-state index contributed by atoms with van der Waals surface area (Å²) in [6.45, 7) is 3.75. The van der Waals surface area contributed by atoms with Gasteiger partial charge in [0.15, 0.2) is 6.61 Å². The molecule has 0 aliphatic carbocycles. The Hall–Kier alpha value is -2.44. The zero-order chi connectivity index (χ0) is 15.7. The number of aryl methyl sites for hydroxylation is 1. The molecule has 0 spiro atoms. The summed E-state index contributed by atoms with van der Waals surface area (Å²) in [6.07, 6.45) is 3.14. The van der Waals surface area contributed by atoms with Gasteiger partial charge in [0.1, 0.15) is 0 Å². The Morgan fingerprint density at radius 3 is 2.67 bits per heavy atom. The van der Waals surface area contributed by atoms with Crippen molar-refractivity contribution in [2.75, 3.05) is 13.2 Å². The highest BCUT2D eigenvalue weighted by molar-refractivity contribution is 5.96. The molecule has 1 aromatic heterocycles. The second-order valence-electron chi connectivity index (χ2n) is 4.42. The van der Waals surface area contributed by atoms with Crippen molar-refractivity contribution in [1.82, 2.24) is 15.6 Å². The number of amides is 3. The molecule has 0 saturated carbocycles. The fraction of sp³-hybridized carbons (Fsp3) is 0.429. The van der Waals surface area contributed by atoms with Gasteiger partial charge in [-0.2, -0.15) is 0 Å². The van der Waals surface area contributed by atoms with Gasteiger partial charge in [-0.15, -0.1) is 0 Å². The summed E-state index contributed by atoms with van der Waals surface area (Å²) >= 11 is 0. The maximum atomic E-state index is 11.6. The Morgan fingerprint density at radius 1 is 1.29 bits per heavy atom. The lowest BCUT2D eigenvalue weighted by Crippen LogP contribution is -2.41. The summed E-state index contributed by atoms with van der Waals surface area (Å²) in [5, 5.41) is 4.59. The van der Waals surface area contributed by atoms with Gasteiger partial charge in [0.25, 0.3) is 5.91 Å². The number of hydrogen-bond donors (Lipinski definition) is 2. The number of rotatable bonds is 6. The van der Waals surface area contributed by atoms with Crippen molar-refractivity contribution in [3.05, 3.63) is 29.6 Å². The monoisotopic (exact) mass is 293 g/mol. The van der Waals surface area contributed by atoms with E-state index in [1.807, 2.05) is 6.92 Å². The van der Waals surface area contributed by atoms with E-state index in [0.29, 0.717) is 6.54 Å². The van der Waals surface area contributed by atoms with Gasteiger partial charge in [0, 0.05) is 18.4 Å². The smallest absolute Gasteiger partial charge is 0.340 e. The van der Waals surface area contributed by atoms with Crippen molar-refractivity contribution in [1.29, 1.82) is 0 Å². The molecule has 7 nitrogen and oxygen atoms in total. The van der Waals surface area contributed by atoms with Crippen LogP contribution in [0.1, 0.15) is 35.8 Å². The normalized spacial score (nSPS) is 9.81. The van der Waals surface area contributed by atoms with Crippen molar-refractivity contribution in [3.8, 4) is 0 Å². The Kier molecular flexibility index (Phi) is 6.86. The maximum absolute atomic E-state index is 11.6. The second-order valence-corrected chi connectivity index (χ2v) is 4.42. The SMILES string of the molecule is CCCCNC(=O)NC(=O)COC(=O)c1ccc(C)nc1. The number of carbonyl (C=O) groups is 3. The third-order valence-electron chi connectivity index (χ3n) is 2.55. The van der Waals surface area contributed by atoms with Gasteiger partial charge >= 0.3 is 12.0 Å². The van der Waals surface area contributed by atoms with Crippen LogP contribution in [0.4, 0.5) is 4.79 Å². The standard InChI is InChI=1S/C14H19N3O4/c1-3-4-7-15-14(20)17-12(18)9-21-13(19)11-6-5-10(2)16-8-11/h5-6,8H,3-4,7,9H2,1-2H3,(H2,15,17,18,20). The molecule has 0 fully saturated rings. The summed E-state index contributed by atoms with van der Waals surface area (Å²) in [5.74, 6) is -1.35. The van der Waals surface area contributed by atoms with Gasteiger partial charge < -0.3 is 10.1 Å². The van der Waals surface area contributed by atoms with Crippen LogP contribution in [-0.4, -0.2) is 36.0 Å². The number of pyridine rings is 1. The lowest BCUT2D eigenvalue weighted by Gasteiger charge is -2.07. The number of unbranched alkanes of at least 4 members (excludes halogenated alkanes) is 1. The number of urea groups is 1. The molecule has 114 valence electrons. The number of imide groups is 1. The van der Waals surface area contributed by atoms with E-state index in [9.17, 15) is 14.4 Å². The van der Waals surface area contributed by atoms with Crippen LogP contribution in [0.5, 0.6) is 0 Å². The molecular weight excluding hydrogens is 274 g/mol. The van der Waals surface area contributed by atoms with Crippen molar-refractivity contribution in [2.24, 2.45) is 0 Å². The molecule has 7 heteroatoms. The van der Waals surface area contributed by atoms with Crippen molar-refractivity contribution >= 4 is 17.9 Å². The molecule has 1 aromatic rings. The average Bonchev–Trinajstić information content (AvgIpc) is 2.46.